The third kappa shape index (κ3) is 3.95. The number of nitro benzene ring substituents is 1. The number of ether oxygens (including phenoxy) is 2. The summed E-state index contributed by atoms with van der Waals surface area (Å²) in [7, 11) is 1.28. The number of carbonyl (C=O) groups excluding carboxylic acids is 2. The molecule has 2 aromatic carbocycles. The Kier molecular flexibility index (Phi) is 5.26. The van der Waals surface area contributed by atoms with Gasteiger partial charge in [0.2, 0.25) is 0 Å². The molecule has 0 saturated carbocycles. The molecule has 2 aromatic rings. The highest BCUT2D eigenvalue weighted by Gasteiger charge is 2.15. The van der Waals surface area contributed by atoms with E-state index in [-0.39, 0.29) is 23.6 Å². The number of ketones is 1. The Morgan fingerprint density at radius 1 is 1.08 bits per heavy atom. The van der Waals surface area contributed by atoms with Crippen LogP contribution in [-0.2, 0) is 4.74 Å². The molecule has 7 heteroatoms. The normalized spacial score (nSPS) is 10.1. The minimum atomic E-state index is -0.529. The molecule has 7 nitrogen and oxygen atoms in total. The number of benzene rings is 2. The zero-order valence-corrected chi connectivity index (χ0v) is 13.1. The summed E-state index contributed by atoms with van der Waals surface area (Å²) in [5, 5.41) is 10.9. The van der Waals surface area contributed by atoms with Gasteiger partial charge in [0.05, 0.1) is 17.6 Å². The van der Waals surface area contributed by atoms with Crippen molar-refractivity contribution in [2.45, 2.75) is 6.92 Å². The van der Waals surface area contributed by atoms with Crippen LogP contribution < -0.4 is 4.74 Å². The second kappa shape index (κ2) is 7.36. The van der Waals surface area contributed by atoms with E-state index in [1.165, 1.54) is 49.6 Å². The van der Waals surface area contributed by atoms with Gasteiger partial charge in [0.1, 0.15) is 5.75 Å². The smallest absolute Gasteiger partial charge is 0.337 e. The minimum Gasteiger partial charge on any atom is -0.485 e. The van der Waals surface area contributed by atoms with Gasteiger partial charge in [-0.3, -0.25) is 14.9 Å². The van der Waals surface area contributed by atoms with Crippen LogP contribution in [0.4, 0.5) is 5.69 Å². The van der Waals surface area contributed by atoms with Crippen LogP contribution in [0.2, 0.25) is 0 Å². The Morgan fingerprint density at radius 2 is 1.71 bits per heavy atom. The Morgan fingerprint density at radius 3 is 2.29 bits per heavy atom. The number of rotatable bonds is 6. The van der Waals surface area contributed by atoms with Crippen molar-refractivity contribution in [1.29, 1.82) is 0 Å². The van der Waals surface area contributed by atoms with Gasteiger partial charge in [0.25, 0.3) is 5.69 Å². The van der Waals surface area contributed by atoms with Crippen LogP contribution >= 0.6 is 0 Å². The number of carbonyl (C=O) groups is 2. The van der Waals surface area contributed by atoms with E-state index in [9.17, 15) is 19.7 Å². The van der Waals surface area contributed by atoms with Gasteiger partial charge in [-0.05, 0) is 31.2 Å². The standard InChI is InChI=1S/C17H15NO6/c1-11-3-4-13(9-15(11)18(21)22)16(19)10-24-14-7-5-12(6-8-14)17(20)23-2/h3-9H,10H2,1-2H3. The number of nitrogens with zero attached hydrogens (tertiary/aromatic N) is 1. The molecule has 0 unspecified atom stereocenters. The predicted octanol–water partition coefficient (Wildman–Crippen LogP) is 2.95. The van der Waals surface area contributed by atoms with Crippen molar-refractivity contribution < 1.29 is 24.0 Å². The highest BCUT2D eigenvalue weighted by molar-refractivity contribution is 5.98. The van der Waals surface area contributed by atoms with Crippen LogP contribution in [0.15, 0.2) is 42.5 Å². The van der Waals surface area contributed by atoms with Crippen molar-refractivity contribution >= 4 is 17.4 Å². The van der Waals surface area contributed by atoms with Gasteiger partial charge >= 0.3 is 5.97 Å². The lowest BCUT2D eigenvalue weighted by atomic mass is 10.1. The Labute approximate surface area is 138 Å². The van der Waals surface area contributed by atoms with Crippen molar-refractivity contribution in [3.63, 3.8) is 0 Å². The Balaban J connectivity index is 2.04. The molecule has 0 aromatic heterocycles. The van der Waals surface area contributed by atoms with Gasteiger partial charge in [-0.25, -0.2) is 4.79 Å². The van der Waals surface area contributed by atoms with Crippen molar-refractivity contribution in [3.8, 4) is 5.75 Å². The molecule has 24 heavy (non-hydrogen) atoms. The van der Waals surface area contributed by atoms with E-state index in [0.717, 1.165) is 0 Å². The number of esters is 1. The molecular weight excluding hydrogens is 314 g/mol. The number of Topliss-reactive ketones (excluding diaryl/α,β-unsaturated/α-hetero) is 1. The zero-order chi connectivity index (χ0) is 17.7. The molecule has 0 bridgehead atoms. The Hall–Kier alpha value is -3.22. The van der Waals surface area contributed by atoms with Crippen LogP contribution in [-0.4, -0.2) is 30.4 Å². The van der Waals surface area contributed by atoms with E-state index in [1.807, 2.05) is 0 Å². The van der Waals surface area contributed by atoms with Crippen molar-refractivity contribution in [1.82, 2.24) is 0 Å². The number of hydrogen-bond acceptors (Lipinski definition) is 6. The molecule has 0 aliphatic heterocycles. The van der Waals surface area contributed by atoms with Crippen LogP contribution in [0.5, 0.6) is 5.75 Å². The summed E-state index contributed by atoms with van der Waals surface area (Å²) >= 11 is 0. The molecule has 0 aliphatic carbocycles. The number of nitro groups is 1. The second-order valence-electron chi connectivity index (χ2n) is 4.99. The molecule has 124 valence electrons. The summed E-state index contributed by atoms with van der Waals surface area (Å²) in [5.41, 5.74) is 0.947. The SMILES string of the molecule is COC(=O)c1ccc(OCC(=O)c2ccc(C)c([N+](=O)[O-])c2)cc1. The lowest BCUT2D eigenvalue weighted by molar-refractivity contribution is -0.385. The molecular formula is C17H15NO6. The minimum absolute atomic E-state index is 0.108. The monoisotopic (exact) mass is 329 g/mol. The zero-order valence-electron chi connectivity index (χ0n) is 13.1. The highest BCUT2D eigenvalue weighted by atomic mass is 16.6. The van der Waals surface area contributed by atoms with Crippen LogP contribution in [0, 0.1) is 17.0 Å². The van der Waals surface area contributed by atoms with Crippen LogP contribution in [0.3, 0.4) is 0 Å². The van der Waals surface area contributed by atoms with Gasteiger partial charge < -0.3 is 9.47 Å². The molecule has 2 rings (SSSR count). The van der Waals surface area contributed by atoms with E-state index in [4.69, 9.17) is 4.74 Å². The largest absolute Gasteiger partial charge is 0.485 e. The van der Waals surface area contributed by atoms with Crippen molar-refractivity contribution in [2.75, 3.05) is 13.7 Å². The van der Waals surface area contributed by atoms with Gasteiger partial charge in [-0.1, -0.05) is 12.1 Å². The first kappa shape index (κ1) is 17.1. The maximum Gasteiger partial charge on any atom is 0.337 e. The number of aryl methyl sites for hydroxylation is 1. The summed E-state index contributed by atoms with van der Waals surface area (Å²) < 4.78 is 9.93. The summed E-state index contributed by atoms with van der Waals surface area (Å²) in [6.45, 7) is 1.34. The molecule has 0 fully saturated rings. The summed E-state index contributed by atoms with van der Waals surface area (Å²) in [4.78, 5) is 33.8. The summed E-state index contributed by atoms with van der Waals surface area (Å²) in [6, 6.07) is 10.4. The second-order valence-corrected chi connectivity index (χ2v) is 4.99. The van der Waals surface area contributed by atoms with Crippen molar-refractivity contribution in [3.05, 3.63) is 69.3 Å². The molecule has 0 atom stereocenters. The average Bonchev–Trinajstić information content (AvgIpc) is 2.59. The Bertz CT molecular complexity index is 782. The predicted molar refractivity (Wildman–Crippen MR) is 85.4 cm³/mol. The number of hydrogen-bond donors (Lipinski definition) is 0. The van der Waals surface area contributed by atoms with E-state index < -0.39 is 10.9 Å². The first-order chi connectivity index (χ1) is 11.4. The lowest BCUT2D eigenvalue weighted by Gasteiger charge is -2.07. The quantitative estimate of drug-likeness (QED) is 0.350. The third-order valence-corrected chi connectivity index (χ3v) is 3.37. The van der Waals surface area contributed by atoms with E-state index in [2.05, 4.69) is 4.74 Å². The third-order valence-electron chi connectivity index (χ3n) is 3.37. The van der Waals surface area contributed by atoms with E-state index in [0.29, 0.717) is 16.9 Å². The molecule has 0 N–H and O–H groups in total. The van der Waals surface area contributed by atoms with E-state index >= 15 is 0 Å². The molecule has 0 spiro atoms. The first-order valence-electron chi connectivity index (χ1n) is 7.02. The lowest BCUT2D eigenvalue weighted by Crippen LogP contribution is -2.12. The average molecular weight is 329 g/mol. The topological polar surface area (TPSA) is 95.7 Å². The fourth-order valence-corrected chi connectivity index (χ4v) is 2.02. The van der Waals surface area contributed by atoms with E-state index in [1.54, 1.807) is 6.92 Å². The molecule has 0 aliphatic rings. The molecule has 0 heterocycles. The summed E-state index contributed by atoms with van der Waals surface area (Å²) in [6.07, 6.45) is 0. The maximum absolute atomic E-state index is 12.1. The maximum atomic E-state index is 12.1. The molecule has 0 amide bonds. The van der Waals surface area contributed by atoms with Crippen LogP contribution in [0.25, 0.3) is 0 Å². The van der Waals surface area contributed by atoms with Gasteiger partial charge in [-0.2, -0.15) is 0 Å². The van der Waals surface area contributed by atoms with Crippen molar-refractivity contribution in [2.24, 2.45) is 0 Å². The van der Waals surface area contributed by atoms with Crippen LogP contribution in [0.1, 0.15) is 26.3 Å². The summed E-state index contributed by atoms with van der Waals surface area (Å²) in [5.74, 6) is -0.447. The first-order valence-corrected chi connectivity index (χ1v) is 7.02. The fraction of sp³-hybridized carbons (Fsp3) is 0.176. The fourth-order valence-electron chi connectivity index (χ4n) is 2.02. The van der Waals surface area contributed by atoms with Gasteiger partial charge in [0, 0.05) is 17.2 Å². The van der Waals surface area contributed by atoms with Gasteiger partial charge in [0.15, 0.2) is 12.4 Å². The van der Waals surface area contributed by atoms with Gasteiger partial charge in [-0.15, -0.1) is 0 Å². The molecule has 0 radical (unpaired) electrons. The highest BCUT2D eigenvalue weighted by Crippen LogP contribution is 2.20. The number of methoxy groups -OCH3 is 1. The molecule has 0 saturated heterocycles.